The van der Waals surface area contributed by atoms with Gasteiger partial charge in [0.2, 0.25) is 0 Å². The van der Waals surface area contributed by atoms with Gasteiger partial charge in [-0.15, -0.1) is 0 Å². The Balaban J connectivity index is 0.00000121. The van der Waals surface area contributed by atoms with Gasteiger partial charge in [-0.3, -0.25) is 0 Å². The smallest absolute Gasteiger partial charge is 0.396 e. The van der Waals surface area contributed by atoms with E-state index >= 15 is 0 Å². The molecule has 1 aromatic carbocycles. The first-order chi connectivity index (χ1) is 5.34. The Morgan fingerprint density at radius 2 is 1.91 bits per heavy atom. The molecule has 60 valence electrons. The van der Waals surface area contributed by atoms with Gasteiger partial charge >= 0.3 is 1.43 Å². The highest BCUT2D eigenvalue weighted by atomic mass is 16.3. The minimum Gasteiger partial charge on any atom is -0.396 e. The van der Waals surface area contributed by atoms with Crippen molar-refractivity contribution in [3.8, 4) is 0 Å². The first-order valence-electron chi connectivity index (χ1n) is 3.68. The van der Waals surface area contributed by atoms with Crippen LogP contribution >= 0.6 is 0 Å². The zero-order valence-corrected chi connectivity index (χ0v) is 6.27. The number of rotatable bonds is 3. The molecule has 0 saturated carbocycles. The SMILES string of the molecule is OCCC(O)c1ccccc1.[H+]. The van der Waals surface area contributed by atoms with E-state index in [-0.39, 0.29) is 8.03 Å². The van der Waals surface area contributed by atoms with E-state index in [0.717, 1.165) is 5.56 Å². The fraction of sp³-hybridized carbons (Fsp3) is 0.333. The molecular weight excluding hydrogens is 140 g/mol. The highest BCUT2D eigenvalue weighted by Gasteiger charge is 2.03. The van der Waals surface area contributed by atoms with Gasteiger partial charge in [-0.2, -0.15) is 0 Å². The maximum Gasteiger partial charge on any atom is 1.00 e. The second kappa shape index (κ2) is 4.11. The largest absolute Gasteiger partial charge is 1.00 e. The molecule has 0 fully saturated rings. The third kappa shape index (κ3) is 2.33. The second-order valence-corrected chi connectivity index (χ2v) is 2.44. The summed E-state index contributed by atoms with van der Waals surface area (Å²) in [5.74, 6) is 0. The van der Waals surface area contributed by atoms with Crippen LogP contribution < -0.4 is 0 Å². The van der Waals surface area contributed by atoms with Gasteiger partial charge in [0.05, 0.1) is 6.10 Å². The van der Waals surface area contributed by atoms with Crippen LogP contribution in [0.4, 0.5) is 0 Å². The topological polar surface area (TPSA) is 40.5 Å². The molecule has 1 unspecified atom stereocenters. The van der Waals surface area contributed by atoms with Crippen LogP contribution in [0, 0.1) is 0 Å². The van der Waals surface area contributed by atoms with Gasteiger partial charge in [-0.05, 0) is 5.56 Å². The molecule has 0 aromatic heterocycles. The molecule has 1 aromatic rings. The lowest BCUT2D eigenvalue weighted by Gasteiger charge is -2.07. The maximum absolute atomic E-state index is 9.36. The van der Waals surface area contributed by atoms with E-state index in [1.165, 1.54) is 0 Å². The van der Waals surface area contributed by atoms with Crippen LogP contribution in [0.15, 0.2) is 30.3 Å². The Labute approximate surface area is 67.6 Å². The van der Waals surface area contributed by atoms with Crippen LogP contribution in [-0.2, 0) is 0 Å². The van der Waals surface area contributed by atoms with Crippen LogP contribution in [-0.4, -0.2) is 16.8 Å². The van der Waals surface area contributed by atoms with Gasteiger partial charge in [0, 0.05) is 13.0 Å². The van der Waals surface area contributed by atoms with E-state index in [1.54, 1.807) is 0 Å². The maximum atomic E-state index is 9.36. The molecule has 2 heteroatoms. The summed E-state index contributed by atoms with van der Waals surface area (Å²) in [6, 6.07) is 9.33. The lowest BCUT2D eigenvalue weighted by Crippen LogP contribution is -1.99. The summed E-state index contributed by atoms with van der Waals surface area (Å²) in [6.07, 6.45) is -0.120. The van der Waals surface area contributed by atoms with Crippen molar-refractivity contribution in [2.24, 2.45) is 0 Å². The van der Waals surface area contributed by atoms with E-state index in [9.17, 15) is 5.11 Å². The predicted octanol–water partition coefficient (Wildman–Crippen LogP) is 1.21. The third-order valence-corrected chi connectivity index (χ3v) is 1.59. The normalized spacial score (nSPS) is 12.9. The minimum absolute atomic E-state index is 0. The van der Waals surface area contributed by atoms with Crippen LogP contribution in [0.25, 0.3) is 0 Å². The Morgan fingerprint density at radius 1 is 1.27 bits per heavy atom. The van der Waals surface area contributed by atoms with Crippen molar-refractivity contribution in [2.45, 2.75) is 12.5 Å². The second-order valence-electron chi connectivity index (χ2n) is 2.44. The molecule has 0 bridgehead atoms. The Kier molecular flexibility index (Phi) is 3.08. The molecule has 0 aliphatic rings. The van der Waals surface area contributed by atoms with E-state index < -0.39 is 6.10 Å². The lowest BCUT2D eigenvalue weighted by molar-refractivity contribution is 0.134. The molecule has 0 radical (unpaired) electrons. The Bertz CT molecular complexity index is 201. The first-order valence-corrected chi connectivity index (χ1v) is 3.68. The number of hydrogen-bond acceptors (Lipinski definition) is 2. The molecule has 2 N–H and O–H groups in total. The summed E-state index contributed by atoms with van der Waals surface area (Å²) in [5, 5.41) is 17.9. The molecule has 0 aliphatic heterocycles. The van der Waals surface area contributed by atoms with Crippen LogP contribution in [0.5, 0.6) is 0 Å². The van der Waals surface area contributed by atoms with Gasteiger partial charge in [0.15, 0.2) is 0 Å². The van der Waals surface area contributed by atoms with Crippen molar-refractivity contribution >= 4 is 0 Å². The third-order valence-electron chi connectivity index (χ3n) is 1.59. The van der Waals surface area contributed by atoms with E-state index in [0.29, 0.717) is 6.42 Å². The van der Waals surface area contributed by atoms with Crippen molar-refractivity contribution in [3.05, 3.63) is 35.9 Å². The van der Waals surface area contributed by atoms with Crippen molar-refractivity contribution in [3.63, 3.8) is 0 Å². The van der Waals surface area contributed by atoms with Crippen LogP contribution in [0.1, 0.15) is 19.5 Å². The molecule has 0 aliphatic carbocycles. The molecule has 11 heavy (non-hydrogen) atoms. The van der Waals surface area contributed by atoms with Crippen molar-refractivity contribution < 1.29 is 11.6 Å². The van der Waals surface area contributed by atoms with Gasteiger partial charge in [0.25, 0.3) is 0 Å². The monoisotopic (exact) mass is 153 g/mol. The predicted molar refractivity (Wildman–Crippen MR) is 44.2 cm³/mol. The van der Waals surface area contributed by atoms with E-state index in [4.69, 9.17) is 5.11 Å². The number of benzene rings is 1. The van der Waals surface area contributed by atoms with E-state index in [2.05, 4.69) is 0 Å². The average Bonchev–Trinajstić information content (AvgIpc) is 2.07. The summed E-state index contributed by atoms with van der Waals surface area (Å²) in [7, 11) is 0. The first kappa shape index (κ1) is 8.24. The standard InChI is InChI=1S/C9H12O2/c10-7-6-9(11)8-4-2-1-3-5-8/h1-5,9-11H,6-7H2/p+1. The summed E-state index contributed by atoms with van der Waals surface area (Å²) in [4.78, 5) is 0. The van der Waals surface area contributed by atoms with Crippen molar-refractivity contribution in [2.75, 3.05) is 6.61 Å². The highest BCUT2D eigenvalue weighted by molar-refractivity contribution is 5.16. The zero-order chi connectivity index (χ0) is 8.10. The average molecular weight is 153 g/mol. The minimum atomic E-state index is -0.527. The zero-order valence-electron chi connectivity index (χ0n) is 7.27. The van der Waals surface area contributed by atoms with Crippen molar-refractivity contribution in [1.29, 1.82) is 0 Å². The fourth-order valence-corrected chi connectivity index (χ4v) is 0.964. The molecule has 1 rings (SSSR count). The van der Waals surface area contributed by atoms with Gasteiger partial charge in [0.1, 0.15) is 0 Å². The van der Waals surface area contributed by atoms with Gasteiger partial charge in [-0.1, -0.05) is 30.3 Å². The molecule has 1 atom stereocenters. The number of aliphatic hydroxyl groups is 2. The fourth-order valence-electron chi connectivity index (χ4n) is 0.964. The summed E-state index contributed by atoms with van der Waals surface area (Å²) in [6.45, 7) is 0.0239. The van der Waals surface area contributed by atoms with Gasteiger partial charge in [-0.25, -0.2) is 0 Å². The van der Waals surface area contributed by atoms with Gasteiger partial charge < -0.3 is 10.2 Å². The molecule has 0 amide bonds. The quantitative estimate of drug-likeness (QED) is 0.685. The molecule has 0 saturated heterocycles. The van der Waals surface area contributed by atoms with Crippen LogP contribution in [0.2, 0.25) is 0 Å². The van der Waals surface area contributed by atoms with Crippen molar-refractivity contribution in [1.82, 2.24) is 0 Å². The molecule has 0 heterocycles. The van der Waals surface area contributed by atoms with Crippen LogP contribution in [0.3, 0.4) is 0 Å². The summed E-state index contributed by atoms with van der Waals surface area (Å²) >= 11 is 0. The summed E-state index contributed by atoms with van der Waals surface area (Å²) in [5.41, 5.74) is 0.863. The Morgan fingerprint density at radius 3 is 2.45 bits per heavy atom. The van der Waals surface area contributed by atoms with E-state index in [1.807, 2.05) is 30.3 Å². The summed E-state index contributed by atoms with van der Waals surface area (Å²) < 4.78 is 0. The molecule has 0 spiro atoms. The molecule has 2 nitrogen and oxygen atoms in total. The lowest BCUT2D eigenvalue weighted by atomic mass is 10.1. The highest BCUT2D eigenvalue weighted by Crippen LogP contribution is 2.14. The molecular formula is C9H13O2+. The number of hydrogen-bond donors (Lipinski definition) is 2. The number of aliphatic hydroxyl groups excluding tert-OH is 2. The Hall–Kier alpha value is -0.860.